The van der Waals surface area contributed by atoms with Crippen LogP contribution in [0.15, 0.2) is 36.4 Å². The van der Waals surface area contributed by atoms with Crippen LogP contribution >= 0.6 is 0 Å². The number of carbonyl (C=O) groups is 2. The first-order valence-electron chi connectivity index (χ1n) is 12.0. The van der Waals surface area contributed by atoms with Crippen LogP contribution in [-0.4, -0.2) is 89.5 Å². The van der Waals surface area contributed by atoms with Gasteiger partial charge in [0.15, 0.2) is 0 Å². The lowest BCUT2D eigenvalue weighted by molar-refractivity contribution is -0.298. The second kappa shape index (κ2) is 8.05. The number of amides is 2. The number of aromatic amines is 1. The lowest BCUT2D eigenvalue weighted by Gasteiger charge is -2.39. The predicted octanol–water partition coefficient (Wildman–Crippen LogP) is -0.0477. The Bertz CT molecular complexity index is 1870. The number of nitrogens with one attached hydrogen (secondary N) is 2. The van der Waals surface area contributed by atoms with Crippen molar-refractivity contribution in [1.29, 1.82) is 0 Å². The van der Waals surface area contributed by atoms with Gasteiger partial charge in [0.25, 0.3) is 18.1 Å². The minimum atomic E-state index is -1.78. The number of carbonyl (C=O) groups excluding carboxylic acids is 2. The Hall–Kier alpha value is -4.40. The first-order valence-corrected chi connectivity index (χ1v) is 12.0. The summed E-state index contributed by atoms with van der Waals surface area (Å²) in [5, 5.41) is 65.9. The van der Waals surface area contributed by atoms with Crippen LogP contribution in [0, 0.1) is 0 Å². The van der Waals surface area contributed by atoms with Crippen molar-refractivity contribution in [2.75, 3.05) is 6.61 Å². The summed E-state index contributed by atoms with van der Waals surface area (Å²) >= 11 is 0. The average molecular weight is 535 g/mol. The predicted molar refractivity (Wildman–Crippen MR) is 134 cm³/mol. The fraction of sp³-hybridized carbons (Fsp3) is 0.231. The molecule has 2 amide bonds. The second-order valence-electron chi connectivity index (χ2n) is 9.60. The number of benzene rings is 3. The second-order valence-corrected chi connectivity index (χ2v) is 9.60. The molecule has 39 heavy (non-hydrogen) atoms. The van der Waals surface area contributed by atoms with Crippen molar-refractivity contribution in [2.45, 2.75) is 30.7 Å². The van der Waals surface area contributed by atoms with E-state index in [0.717, 1.165) is 4.73 Å². The minimum Gasteiger partial charge on any atom is -0.506 e. The third kappa shape index (κ3) is 3.01. The molecule has 13 heteroatoms. The average Bonchev–Trinajstić information content (AvgIpc) is 3.55. The van der Waals surface area contributed by atoms with Crippen molar-refractivity contribution in [1.82, 2.24) is 15.0 Å². The maximum absolute atomic E-state index is 13.1. The molecule has 2 aliphatic heterocycles. The zero-order valence-corrected chi connectivity index (χ0v) is 19.8. The van der Waals surface area contributed by atoms with Gasteiger partial charge in [-0.15, -0.1) is 0 Å². The van der Waals surface area contributed by atoms with E-state index in [1.54, 1.807) is 18.2 Å². The SMILES string of the molecule is O=C1NC(=O)c2c1c1c3cccc(O)c3[nH]c1c1c2c2cccc(O)c2n1O[C@@H]1O[C@H](CO)[C@@H](O)[C@H](O)[C@H]1O. The topological polar surface area (TPSA) is 207 Å². The van der Waals surface area contributed by atoms with Gasteiger partial charge in [-0.3, -0.25) is 14.9 Å². The summed E-state index contributed by atoms with van der Waals surface area (Å²) in [6, 6.07) is 9.21. The first-order chi connectivity index (χ1) is 18.7. The molecule has 0 radical (unpaired) electrons. The third-order valence-electron chi connectivity index (χ3n) is 7.46. The molecule has 0 bridgehead atoms. The van der Waals surface area contributed by atoms with Crippen molar-refractivity contribution in [3.8, 4) is 11.5 Å². The van der Waals surface area contributed by atoms with Crippen LogP contribution in [0.5, 0.6) is 11.5 Å². The van der Waals surface area contributed by atoms with Crippen molar-refractivity contribution in [3.05, 3.63) is 47.5 Å². The Labute approximate surface area is 217 Å². The molecule has 0 aliphatic carbocycles. The van der Waals surface area contributed by atoms with E-state index in [1.807, 2.05) is 0 Å². The molecule has 0 spiro atoms. The number of phenols is 2. The number of nitrogens with zero attached hydrogens (tertiary/aromatic N) is 1. The number of fused-ring (bicyclic) bond motifs is 10. The van der Waals surface area contributed by atoms with Gasteiger partial charge in [0, 0.05) is 21.5 Å². The Kier molecular flexibility index (Phi) is 4.89. The normalized spacial score (nSPS) is 25.2. The minimum absolute atomic E-state index is 0.0264. The molecule has 4 heterocycles. The first kappa shape index (κ1) is 23.7. The van der Waals surface area contributed by atoms with Crippen LogP contribution in [-0.2, 0) is 4.74 Å². The van der Waals surface area contributed by atoms with Crippen LogP contribution in [0.2, 0.25) is 0 Å². The molecule has 2 aromatic heterocycles. The van der Waals surface area contributed by atoms with Gasteiger partial charge in [-0.1, -0.05) is 24.3 Å². The molecular weight excluding hydrogens is 514 g/mol. The monoisotopic (exact) mass is 535 g/mol. The number of imide groups is 1. The number of H-pyrrole nitrogens is 1. The highest BCUT2D eigenvalue weighted by molar-refractivity contribution is 6.39. The molecule has 13 nitrogen and oxygen atoms in total. The standard InChI is InChI=1S/C26H21N3O10/c30-7-12-21(33)22(34)23(35)26(38-12)39-29-19-9(4-2-6-11(19)32)14-16-15(24(36)28-25(16)37)13-8-3-1-5-10(31)17(8)27-18(13)20(14)29/h1-6,12,21-23,26-27,30-35H,7H2,(H,28,36,37)/t12-,21-,22+,23-,26+/m1/s1. The zero-order chi connectivity index (χ0) is 27.3. The van der Waals surface area contributed by atoms with Gasteiger partial charge >= 0.3 is 0 Å². The van der Waals surface area contributed by atoms with E-state index in [9.17, 15) is 40.2 Å². The summed E-state index contributed by atoms with van der Waals surface area (Å²) in [6.07, 6.45) is -8.05. The van der Waals surface area contributed by atoms with Crippen molar-refractivity contribution >= 4 is 55.4 Å². The highest BCUT2D eigenvalue weighted by atomic mass is 16.8. The van der Waals surface area contributed by atoms with Gasteiger partial charge in [-0.05, 0) is 12.1 Å². The zero-order valence-electron chi connectivity index (χ0n) is 19.8. The van der Waals surface area contributed by atoms with E-state index in [4.69, 9.17) is 9.57 Å². The lowest BCUT2D eigenvalue weighted by Crippen LogP contribution is -2.61. The molecule has 200 valence electrons. The molecule has 0 saturated carbocycles. The van der Waals surface area contributed by atoms with Gasteiger partial charge in [0.05, 0.1) is 28.8 Å². The highest BCUT2D eigenvalue weighted by Gasteiger charge is 2.46. The number of aromatic hydroxyl groups is 2. The summed E-state index contributed by atoms with van der Waals surface area (Å²) in [7, 11) is 0. The van der Waals surface area contributed by atoms with E-state index in [1.165, 1.54) is 18.2 Å². The molecule has 3 aromatic carbocycles. The van der Waals surface area contributed by atoms with E-state index in [0.29, 0.717) is 16.2 Å². The summed E-state index contributed by atoms with van der Waals surface area (Å²) in [6.45, 7) is -0.690. The Balaban J connectivity index is 1.62. The van der Waals surface area contributed by atoms with E-state index in [-0.39, 0.29) is 50.1 Å². The van der Waals surface area contributed by atoms with Crippen LogP contribution in [0.1, 0.15) is 20.7 Å². The van der Waals surface area contributed by atoms with Gasteiger partial charge in [-0.25, -0.2) is 0 Å². The van der Waals surface area contributed by atoms with Crippen molar-refractivity contribution in [3.63, 3.8) is 0 Å². The van der Waals surface area contributed by atoms with Gasteiger partial charge < -0.3 is 45.2 Å². The van der Waals surface area contributed by atoms with Crippen LogP contribution in [0.25, 0.3) is 43.6 Å². The molecule has 8 N–H and O–H groups in total. The Morgan fingerprint density at radius 3 is 2.21 bits per heavy atom. The smallest absolute Gasteiger partial charge is 0.259 e. The van der Waals surface area contributed by atoms with E-state index < -0.39 is 49.1 Å². The summed E-state index contributed by atoms with van der Waals surface area (Å²) in [5.41, 5.74) is 0.869. The fourth-order valence-electron chi connectivity index (χ4n) is 5.70. The molecule has 5 atom stereocenters. The summed E-state index contributed by atoms with van der Waals surface area (Å²) in [4.78, 5) is 35.3. The Morgan fingerprint density at radius 1 is 0.821 bits per heavy atom. The molecule has 7 rings (SSSR count). The van der Waals surface area contributed by atoms with Crippen molar-refractivity contribution < 1.29 is 49.8 Å². The van der Waals surface area contributed by atoms with E-state index >= 15 is 0 Å². The van der Waals surface area contributed by atoms with Crippen LogP contribution in [0.3, 0.4) is 0 Å². The molecule has 1 saturated heterocycles. The molecular formula is C26H21N3O10. The van der Waals surface area contributed by atoms with Gasteiger partial charge in [0.2, 0.25) is 0 Å². The number of hydrogen-bond acceptors (Lipinski definition) is 10. The number of phenolic OH excluding ortho intramolecular Hbond substituents is 2. The Morgan fingerprint density at radius 2 is 1.49 bits per heavy atom. The highest BCUT2D eigenvalue weighted by Crippen LogP contribution is 2.45. The lowest BCUT2D eigenvalue weighted by atomic mass is 9.96. The molecule has 2 aliphatic rings. The fourth-order valence-corrected chi connectivity index (χ4v) is 5.70. The maximum atomic E-state index is 13.1. The number of aromatic nitrogens is 2. The largest absolute Gasteiger partial charge is 0.506 e. The van der Waals surface area contributed by atoms with E-state index in [2.05, 4.69) is 10.3 Å². The maximum Gasteiger partial charge on any atom is 0.259 e. The van der Waals surface area contributed by atoms with Gasteiger partial charge in [0.1, 0.15) is 46.9 Å². The third-order valence-corrected chi connectivity index (χ3v) is 7.46. The van der Waals surface area contributed by atoms with Crippen molar-refractivity contribution in [2.24, 2.45) is 0 Å². The molecule has 0 unspecified atom stereocenters. The van der Waals surface area contributed by atoms with Gasteiger partial charge in [-0.2, -0.15) is 4.73 Å². The summed E-state index contributed by atoms with van der Waals surface area (Å²) < 4.78 is 6.65. The number of rotatable bonds is 3. The molecule has 5 aromatic rings. The molecule has 1 fully saturated rings. The summed E-state index contributed by atoms with van der Waals surface area (Å²) in [5.74, 6) is -1.71. The number of para-hydroxylation sites is 2. The van der Waals surface area contributed by atoms with Crippen LogP contribution in [0.4, 0.5) is 0 Å². The number of ether oxygens (including phenoxy) is 1. The van der Waals surface area contributed by atoms with Crippen LogP contribution < -0.4 is 10.2 Å². The number of aliphatic hydroxyl groups is 4. The number of aliphatic hydroxyl groups excluding tert-OH is 4. The number of hydrogen-bond donors (Lipinski definition) is 8. The quantitative estimate of drug-likeness (QED) is 0.145.